The molecule has 0 bridgehead atoms. The van der Waals surface area contributed by atoms with Gasteiger partial charge in [-0.25, -0.2) is 19.6 Å². The Kier molecular flexibility index (Phi) is 7.02. The van der Waals surface area contributed by atoms with Gasteiger partial charge in [0.05, 0.1) is 6.21 Å². The lowest BCUT2D eigenvalue weighted by molar-refractivity contribution is 0.252. The van der Waals surface area contributed by atoms with Gasteiger partial charge in [0.15, 0.2) is 17.4 Å². The number of tetrazole rings is 1. The molecule has 0 spiro atoms. The molecule has 0 atom stereocenters. The molecule has 0 fully saturated rings. The van der Waals surface area contributed by atoms with Crippen LogP contribution in [0.3, 0.4) is 0 Å². The molecule has 0 aliphatic heterocycles. The van der Waals surface area contributed by atoms with Crippen molar-refractivity contribution in [3.63, 3.8) is 0 Å². The van der Waals surface area contributed by atoms with E-state index in [1.807, 2.05) is 0 Å². The first-order valence-electron chi connectivity index (χ1n) is 10.2. The van der Waals surface area contributed by atoms with Gasteiger partial charge in [0, 0.05) is 29.6 Å². The predicted octanol–water partition coefficient (Wildman–Crippen LogP) is 3.58. The summed E-state index contributed by atoms with van der Waals surface area (Å²) in [6.07, 6.45) is 6.30. The smallest absolute Gasteiger partial charge is 0.339 e. The number of rotatable bonds is 8. The number of hydrazone groups is 1. The summed E-state index contributed by atoms with van der Waals surface area (Å²) in [4.78, 5) is 16.2. The summed E-state index contributed by atoms with van der Waals surface area (Å²) in [5.41, 5.74) is 3.56. The molecular weight excluding hydrogens is 455 g/mol. The summed E-state index contributed by atoms with van der Waals surface area (Å²) in [5, 5.41) is 27.3. The summed E-state index contributed by atoms with van der Waals surface area (Å²) in [5.74, 6) is 0.00540. The second-order valence-corrected chi connectivity index (χ2v) is 7.02. The van der Waals surface area contributed by atoms with Crippen molar-refractivity contribution in [2.75, 3.05) is 5.32 Å². The first-order chi connectivity index (χ1) is 17.0. The fraction of sp³-hybridized carbons (Fsp3) is 0.0435. The van der Waals surface area contributed by atoms with E-state index in [0.717, 1.165) is 6.07 Å². The lowest BCUT2D eigenvalue weighted by Gasteiger charge is -2.10. The van der Waals surface area contributed by atoms with Crippen molar-refractivity contribution < 1.29 is 19.0 Å². The number of pyridine rings is 1. The standard InChI is InChI=1S/C23H19FN8O3/c1-2-4-15-5-3-6-16(22(15)33)13-26-29-23(34)28-17-7-8-20(19(24)11-17)35-18-9-10-25-21(12-18)32-14-27-30-31-32/h2-3,5-14,33H,1,4H2,(H2,28,29,34)/b26-13+. The van der Waals surface area contributed by atoms with Gasteiger partial charge < -0.3 is 15.2 Å². The highest BCUT2D eigenvalue weighted by atomic mass is 19.1. The summed E-state index contributed by atoms with van der Waals surface area (Å²) >= 11 is 0. The van der Waals surface area contributed by atoms with Crippen molar-refractivity contribution in [3.05, 3.63) is 90.7 Å². The van der Waals surface area contributed by atoms with E-state index in [9.17, 15) is 14.3 Å². The highest BCUT2D eigenvalue weighted by Gasteiger charge is 2.10. The Bertz CT molecular complexity index is 1380. The van der Waals surface area contributed by atoms with Crippen molar-refractivity contribution in [3.8, 4) is 23.1 Å². The van der Waals surface area contributed by atoms with E-state index >= 15 is 0 Å². The van der Waals surface area contributed by atoms with E-state index in [4.69, 9.17) is 4.74 Å². The molecule has 0 saturated heterocycles. The monoisotopic (exact) mass is 474 g/mol. The van der Waals surface area contributed by atoms with E-state index in [1.54, 1.807) is 30.3 Å². The van der Waals surface area contributed by atoms with Crippen LogP contribution in [0.25, 0.3) is 5.82 Å². The third-order valence-electron chi connectivity index (χ3n) is 4.60. The van der Waals surface area contributed by atoms with Crippen LogP contribution >= 0.6 is 0 Å². The summed E-state index contributed by atoms with van der Waals surface area (Å²) < 4.78 is 21.5. The Balaban J connectivity index is 1.36. The van der Waals surface area contributed by atoms with Gasteiger partial charge in [0.2, 0.25) is 0 Å². The van der Waals surface area contributed by atoms with Crippen molar-refractivity contribution in [1.29, 1.82) is 0 Å². The molecule has 2 aromatic carbocycles. The summed E-state index contributed by atoms with van der Waals surface area (Å²) in [6, 6.07) is 11.5. The zero-order chi connectivity index (χ0) is 24.6. The number of para-hydroxylation sites is 1. The molecular formula is C23H19FN8O3. The minimum atomic E-state index is -0.698. The largest absolute Gasteiger partial charge is 0.507 e. The molecule has 2 aromatic heterocycles. The van der Waals surface area contributed by atoms with Gasteiger partial charge in [-0.15, -0.1) is 11.7 Å². The molecule has 4 rings (SSSR count). The molecule has 2 heterocycles. The van der Waals surface area contributed by atoms with Crippen molar-refractivity contribution in [2.24, 2.45) is 5.10 Å². The number of aromatic nitrogens is 5. The van der Waals surface area contributed by atoms with E-state index in [2.05, 4.69) is 42.9 Å². The van der Waals surface area contributed by atoms with E-state index in [1.165, 1.54) is 41.6 Å². The summed E-state index contributed by atoms with van der Waals surface area (Å²) in [6.45, 7) is 3.64. The second kappa shape index (κ2) is 10.7. The van der Waals surface area contributed by atoms with Crippen LogP contribution in [0.5, 0.6) is 17.2 Å². The molecule has 35 heavy (non-hydrogen) atoms. The minimum Gasteiger partial charge on any atom is -0.507 e. The van der Waals surface area contributed by atoms with Gasteiger partial charge in [0.1, 0.15) is 17.8 Å². The topological polar surface area (TPSA) is 139 Å². The number of halogens is 1. The number of nitrogens with one attached hydrogen (secondary N) is 2. The Labute approximate surface area is 198 Å². The second-order valence-electron chi connectivity index (χ2n) is 7.02. The van der Waals surface area contributed by atoms with E-state index in [0.29, 0.717) is 29.1 Å². The van der Waals surface area contributed by atoms with Crippen molar-refractivity contribution in [2.45, 2.75) is 6.42 Å². The molecule has 11 nitrogen and oxygen atoms in total. The van der Waals surface area contributed by atoms with Crippen LogP contribution in [0, 0.1) is 5.82 Å². The quantitative estimate of drug-likeness (QED) is 0.201. The van der Waals surface area contributed by atoms with Gasteiger partial charge in [-0.2, -0.15) is 9.78 Å². The lowest BCUT2D eigenvalue weighted by atomic mass is 10.1. The van der Waals surface area contributed by atoms with Crippen LogP contribution in [0.2, 0.25) is 0 Å². The molecule has 0 radical (unpaired) electrons. The number of anilines is 1. The van der Waals surface area contributed by atoms with Crippen molar-refractivity contribution >= 4 is 17.9 Å². The normalized spacial score (nSPS) is 10.8. The molecule has 2 amide bonds. The Morgan fingerprint density at radius 2 is 2.14 bits per heavy atom. The number of carbonyl (C=O) groups excluding carboxylic acids is 1. The first kappa shape index (κ1) is 23.0. The zero-order valence-electron chi connectivity index (χ0n) is 18.2. The Morgan fingerprint density at radius 1 is 1.26 bits per heavy atom. The lowest BCUT2D eigenvalue weighted by Crippen LogP contribution is -2.24. The number of benzene rings is 2. The van der Waals surface area contributed by atoms with Gasteiger partial charge in [0.25, 0.3) is 0 Å². The maximum atomic E-state index is 14.6. The van der Waals surface area contributed by atoms with Gasteiger partial charge in [-0.3, -0.25) is 0 Å². The molecule has 12 heteroatoms. The number of phenols is 1. The number of carbonyl (C=O) groups is 1. The number of amides is 2. The fourth-order valence-electron chi connectivity index (χ4n) is 3.00. The molecule has 0 unspecified atom stereocenters. The van der Waals surface area contributed by atoms with E-state index in [-0.39, 0.29) is 17.2 Å². The average Bonchev–Trinajstić information content (AvgIpc) is 3.39. The third-order valence-corrected chi connectivity index (χ3v) is 4.60. The van der Waals surface area contributed by atoms with Crippen LogP contribution in [0.15, 0.2) is 78.8 Å². The number of phenolic OH excluding ortho intramolecular Hbond substituents is 1. The zero-order valence-corrected chi connectivity index (χ0v) is 18.2. The van der Waals surface area contributed by atoms with Gasteiger partial charge in [-0.1, -0.05) is 18.2 Å². The molecule has 176 valence electrons. The SMILES string of the molecule is C=CCc1cccc(/C=N/NC(=O)Nc2ccc(Oc3ccnc(-n4cnnn4)c3)c(F)c2)c1O. The first-order valence-corrected chi connectivity index (χ1v) is 10.2. The predicted molar refractivity (Wildman–Crippen MR) is 125 cm³/mol. The molecule has 0 aliphatic rings. The van der Waals surface area contributed by atoms with Crippen LogP contribution in [0.4, 0.5) is 14.9 Å². The van der Waals surface area contributed by atoms with Crippen molar-refractivity contribution in [1.82, 2.24) is 30.6 Å². The number of urea groups is 1. The maximum Gasteiger partial charge on any atom is 0.339 e. The number of aromatic hydroxyl groups is 1. The fourth-order valence-corrected chi connectivity index (χ4v) is 3.00. The average molecular weight is 474 g/mol. The number of hydrogen-bond donors (Lipinski definition) is 3. The number of ether oxygens (including phenoxy) is 1. The molecule has 0 aliphatic carbocycles. The Hall–Kier alpha value is -5.13. The third kappa shape index (κ3) is 5.82. The summed E-state index contributed by atoms with van der Waals surface area (Å²) in [7, 11) is 0. The van der Waals surface area contributed by atoms with Crippen LogP contribution in [-0.4, -0.2) is 42.5 Å². The van der Waals surface area contributed by atoms with Crippen LogP contribution in [-0.2, 0) is 6.42 Å². The highest BCUT2D eigenvalue weighted by Crippen LogP contribution is 2.27. The van der Waals surface area contributed by atoms with Crippen LogP contribution in [0.1, 0.15) is 11.1 Å². The number of hydrogen-bond acceptors (Lipinski definition) is 8. The molecule has 4 aromatic rings. The Morgan fingerprint density at radius 3 is 2.91 bits per heavy atom. The molecule has 0 saturated carbocycles. The number of nitrogens with zero attached hydrogens (tertiary/aromatic N) is 6. The number of allylic oxidation sites excluding steroid dienone is 1. The van der Waals surface area contributed by atoms with Gasteiger partial charge in [-0.05, 0) is 46.7 Å². The highest BCUT2D eigenvalue weighted by molar-refractivity contribution is 5.91. The maximum absolute atomic E-state index is 14.6. The van der Waals surface area contributed by atoms with Gasteiger partial charge >= 0.3 is 6.03 Å². The van der Waals surface area contributed by atoms with E-state index < -0.39 is 11.8 Å². The van der Waals surface area contributed by atoms with Crippen LogP contribution < -0.4 is 15.5 Å². The minimum absolute atomic E-state index is 0.0512. The molecule has 3 N–H and O–H groups in total.